The van der Waals surface area contributed by atoms with Gasteiger partial charge in [-0.05, 0) is 63.6 Å². The van der Waals surface area contributed by atoms with Crippen LogP contribution in [0.5, 0.6) is 5.75 Å². The molecule has 0 unspecified atom stereocenters. The van der Waals surface area contributed by atoms with E-state index in [0.29, 0.717) is 26.9 Å². The Morgan fingerprint density at radius 3 is 2.67 bits per heavy atom. The first kappa shape index (κ1) is 19.0. The third kappa shape index (κ3) is 4.89. The largest absolute Gasteiger partial charge is 0.481 e. The third-order valence-corrected chi connectivity index (χ3v) is 4.77. The minimum atomic E-state index is -1.12. The second kappa shape index (κ2) is 8.28. The molecule has 0 spiro atoms. The van der Waals surface area contributed by atoms with E-state index in [-0.39, 0.29) is 10.1 Å². The van der Waals surface area contributed by atoms with Crippen LogP contribution in [-0.2, 0) is 9.59 Å². The summed E-state index contributed by atoms with van der Waals surface area (Å²) in [7, 11) is 0. The summed E-state index contributed by atoms with van der Waals surface area (Å²) in [5.74, 6) is -1.86. The van der Waals surface area contributed by atoms with Gasteiger partial charge in [0.2, 0.25) is 0 Å². The van der Waals surface area contributed by atoms with Crippen molar-refractivity contribution in [2.75, 3.05) is 6.61 Å². The number of benzene rings is 2. The smallest absolute Gasteiger partial charge is 0.342 e. The highest BCUT2D eigenvalue weighted by Crippen LogP contribution is 2.32. The van der Waals surface area contributed by atoms with E-state index in [1.54, 1.807) is 36.4 Å². The number of carbonyl (C=O) groups is 2. The normalized spacial score (nSPS) is 11.5. The molecule has 0 radical (unpaired) electrons. The van der Waals surface area contributed by atoms with E-state index >= 15 is 0 Å². The van der Waals surface area contributed by atoms with Crippen molar-refractivity contribution in [1.82, 2.24) is 4.98 Å². The fourth-order valence-electron chi connectivity index (χ4n) is 2.14. The average molecular weight is 450 g/mol. The molecule has 0 bridgehead atoms. The monoisotopic (exact) mass is 449 g/mol. The number of fused-ring (bicyclic) bond motifs is 1. The highest BCUT2D eigenvalue weighted by atomic mass is 79.9. The van der Waals surface area contributed by atoms with Crippen molar-refractivity contribution in [3.05, 3.63) is 57.4 Å². The van der Waals surface area contributed by atoms with Crippen LogP contribution in [0.3, 0.4) is 0 Å². The number of ether oxygens (including phenoxy) is 1. The number of nitrogens with zero attached hydrogens (tertiary/aromatic N) is 1. The van der Waals surface area contributed by atoms with Crippen LogP contribution in [0.4, 0.5) is 0 Å². The second-order valence-corrected chi connectivity index (χ2v) is 7.08. The Morgan fingerprint density at radius 2 is 2.00 bits per heavy atom. The number of halogens is 1. The van der Waals surface area contributed by atoms with E-state index in [9.17, 15) is 14.7 Å². The second-order valence-electron chi connectivity index (χ2n) is 5.24. The Morgan fingerprint density at radius 1 is 1.22 bits per heavy atom. The maximum atomic E-state index is 11.6. The lowest BCUT2D eigenvalue weighted by Crippen LogP contribution is -2.09. The number of aromatic nitrogens is 1. The van der Waals surface area contributed by atoms with E-state index in [1.165, 1.54) is 6.08 Å². The van der Waals surface area contributed by atoms with Gasteiger partial charge in [-0.25, -0.2) is 14.6 Å². The number of rotatable bonds is 7. The lowest BCUT2D eigenvalue weighted by Gasteiger charge is -2.07. The van der Waals surface area contributed by atoms with Gasteiger partial charge in [-0.2, -0.15) is 0 Å². The number of carboxylic acids is 2. The zero-order valence-corrected chi connectivity index (χ0v) is 16.0. The SMILES string of the molecule is O=C(O)COc1ccc(/C=C(/Sc2nc3ccccc3o2)C(=O)O)cc1Br. The maximum absolute atomic E-state index is 11.6. The summed E-state index contributed by atoms with van der Waals surface area (Å²) in [5.41, 5.74) is 1.81. The molecule has 2 aromatic carbocycles. The van der Waals surface area contributed by atoms with Gasteiger partial charge in [-0.15, -0.1) is 0 Å². The molecule has 0 atom stereocenters. The minimum Gasteiger partial charge on any atom is -0.481 e. The molecule has 2 N–H and O–H groups in total. The van der Waals surface area contributed by atoms with Crippen molar-refractivity contribution >= 4 is 56.8 Å². The van der Waals surface area contributed by atoms with Crippen LogP contribution < -0.4 is 4.74 Å². The van der Waals surface area contributed by atoms with Gasteiger partial charge < -0.3 is 19.4 Å². The van der Waals surface area contributed by atoms with Crippen LogP contribution in [0.15, 0.2) is 61.5 Å². The molecule has 0 saturated carbocycles. The van der Waals surface area contributed by atoms with Crippen molar-refractivity contribution in [1.29, 1.82) is 0 Å². The number of oxazole rings is 1. The first-order valence-electron chi connectivity index (χ1n) is 7.55. The number of thioether (sulfide) groups is 1. The number of hydrogen-bond donors (Lipinski definition) is 2. The van der Waals surface area contributed by atoms with Gasteiger partial charge in [-0.1, -0.05) is 18.2 Å². The summed E-state index contributed by atoms with van der Waals surface area (Å²) in [6, 6.07) is 12.0. The predicted molar refractivity (Wildman–Crippen MR) is 103 cm³/mol. The van der Waals surface area contributed by atoms with Gasteiger partial charge in [0.1, 0.15) is 16.2 Å². The van der Waals surface area contributed by atoms with Gasteiger partial charge >= 0.3 is 11.9 Å². The lowest BCUT2D eigenvalue weighted by molar-refractivity contribution is -0.139. The van der Waals surface area contributed by atoms with Gasteiger partial charge in [-0.3, -0.25) is 0 Å². The molecule has 7 nitrogen and oxygen atoms in total. The summed E-state index contributed by atoms with van der Waals surface area (Å²) >= 11 is 4.18. The van der Waals surface area contributed by atoms with E-state index in [2.05, 4.69) is 20.9 Å². The first-order valence-corrected chi connectivity index (χ1v) is 9.16. The fraction of sp³-hybridized carbons (Fsp3) is 0.0556. The molecule has 0 aliphatic rings. The van der Waals surface area contributed by atoms with Crippen LogP contribution in [0, 0.1) is 0 Å². The van der Waals surface area contributed by atoms with Gasteiger partial charge in [0.25, 0.3) is 5.22 Å². The summed E-state index contributed by atoms with van der Waals surface area (Å²) in [6.45, 7) is -0.470. The number of aliphatic carboxylic acids is 2. The van der Waals surface area contributed by atoms with Crippen LogP contribution in [0.2, 0.25) is 0 Å². The Kier molecular flexibility index (Phi) is 5.82. The van der Waals surface area contributed by atoms with Crippen LogP contribution >= 0.6 is 27.7 Å². The van der Waals surface area contributed by atoms with E-state index in [4.69, 9.17) is 14.3 Å². The molecule has 1 heterocycles. The summed E-state index contributed by atoms with van der Waals surface area (Å²) in [5, 5.41) is 18.4. The quantitative estimate of drug-likeness (QED) is 0.406. The minimum absolute atomic E-state index is 0.0210. The van der Waals surface area contributed by atoms with Crippen molar-refractivity contribution in [3.8, 4) is 5.75 Å². The molecule has 0 fully saturated rings. The number of para-hydroxylation sites is 2. The first-order chi connectivity index (χ1) is 12.9. The van der Waals surface area contributed by atoms with Crippen molar-refractivity contribution in [2.45, 2.75) is 5.22 Å². The number of carboxylic acid groups (broad SMARTS) is 2. The molecule has 138 valence electrons. The molecule has 9 heteroatoms. The van der Waals surface area contributed by atoms with Crippen molar-refractivity contribution in [2.24, 2.45) is 0 Å². The van der Waals surface area contributed by atoms with Crippen molar-refractivity contribution < 1.29 is 29.0 Å². The summed E-state index contributed by atoms with van der Waals surface area (Å²) in [4.78, 5) is 26.4. The molecule has 3 rings (SSSR count). The molecule has 1 aromatic heterocycles. The fourth-order valence-corrected chi connectivity index (χ4v) is 3.40. The van der Waals surface area contributed by atoms with Gasteiger partial charge in [0.15, 0.2) is 12.2 Å². The summed E-state index contributed by atoms with van der Waals surface area (Å²) in [6.07, 6.45) is 1.47. The Balaban J connectivity index is 1.83. The van der Waals surface area contributed by atoms with Crippen LogP contribution in [0.25, 0.3) is 17.2 Å². The zero-order valence-electron chi connectivity index (χ0n) is 13.6. The topological polar surface area (TPSA) is 110 Å². The van der Waals surface area contributed by atoms with Crippen LogP contribution in [-0.4, -0.2) is 33.7 Å². The standard InChI is InChI=1S/C18H12BrNO6S/c19-11-7-10(5-6-13(11)25-9-16(21)22)8-15(17(23)24)27-18-20-12-3-1-2-4-14(12)26-18/h1-8H,9H2,(H,21,22)(H,23,24)/b15-8+. The van der Waals surface area contributed by atoms with Gasteiger partial charge in [0.05, 0.1) is 4.47 Å². The third-order valence-electron chi connectivity index (χ3n) is 3.29. The molecule has 0 aliphatic carbocycles. The molecule has 0 saturated heterocycles. The average Bonchev–Trinajstić information content (AvgIpc) is 3.02. The highest BCUT2D eigenvalue weighted by molar-refractivity contribution is 9.10. The van der Waals surface area contributed by atoms with Crippen LogP contribution in [0.1, 0.15) is 5.56 Å². The zero-order chi connectivity index (χ0) is 19.4. The maximum Gasteiger partial charge on any atom is 0.342 e. The van der Waals surface area contributed by atoms with Gasteiger partial charge in [0, 0.05) is 0 Å². The molecule has 27 heavy (non-hydrogen) atoms. The highest BCUT2D eigenvalue weighted by Gasteiger charge is 2.15. The van der Waals surface area contributed by atoms with Crippen molar-refractivity contribution in [3.63, 3.8) is 0 Å². The Bertz CT molecular complexity index is 1010. The number of hydrogen-bond acceptors (Lipinski definition) is 6. The lowest BCUT2D eigenvalue weighted by atomic mass is 10.2. The van der Waals surface area contributed by atoms with E-state index < -0.39 is 18.5 Å². The van der Waals surface area contributed by atoms with E-state index in [1.807, 2.05) is 6.07 Å². The molecule has 0 aliphatic heterocycles. The molecule has 3 aromatic rings. The van der Waals surface area contributed by atoms with E-state index in [0.717, 1.165) is 11.8 Å². The Labute approximate surface area is 165 Å². The molecule has 0 amide bonds. The summed E-state index contributed by atoms with van der Waals surface area (Å²) < 4.78 is 11.2. The molecular formula is C18H12BrNO6S. The predicted octanol–water partition coefficient (Wildman–Crippen LogP) is 4.27. The molecular weight excluding hydrogens is 438 g/mol. The Hall–Kier alpha value is -2.78.